The molecule has 0 fully saturated rings. The van der Waals surface area contributed by atoms with Gasteiger partial charge in [-0.15, -0.1) is 0 Å². The Kier molecular flexibility index (Phi) is 5.35. The molecule has 0 radical (unpaired) electrons. The first-order valence-corrected chi connectivity index (χ1v) is 8.20. The van der Waals surface area contributed by atoms with Crippen molar-refractivity contribution in [3.05, 3.63) is 76.2 Å². The zero-order valence-electron chi connectivity index (χ0n) is 14.5. The summed E-state index contributed by atoms with van der Waals surface area (Å²) in [5.41, 5.74) is -0.260. The molecule has 9 nitrogen and oxygen atoms in total. The lowest BCUT2D eigenvalue weighted by atomic mass is 10.1. The maximum Gasteiger partial charge on any atom is 0.358 e. The van der Waals surface area contributed by atoms with Crippen molar-refractivity contribution in [2.45, 2.75) is 6.54 Å². The van der Waals surface area contributed by atoms with Crippen LogP contribution in [0.5, 0.6) is 5.75 Å². The number of nitrogens with zero attached hydrogens (tertiary/aromatic N) is 1. The van der Waals surface area contributed by atoms with Crippen molar-refractivity contribution in [3.63, 3.8) is 0 Å². The standard InChI is InChI=1S/C19H16N4O5/c24-15-14(18(26)27)22-16(23-17(15)25)12-8-4-5-9-13(12)21-19(28)20-10-11-6-2-1-3-7-11/h1-9,24H,10H2,(H,26,27)(H2,20,21,28)(H,22,23,25). The number of aromatic nitrogens is 2. The first-order valence-electron chi connectivity index (χ1n) is 8.20. The van der Waals surface area contributed by atoms with Crippen LogP contribution >= 0.6 is 0 Å². The van der Waals surface area contributed by atoms with Crippen LogP contribution < -0.4 is 16.2 Å². The van der Waals surface area contributed by atoms with Gasteiger partial charge in [0.1, 0.15) is 5.82 Å². The number of urea groups is 1. The number of benzene rings is 2. The van der Waals surface area contributed by atoms with Crippen LogP contribution in [0, 0.1) is 0 Å². The Morgan fingerprint density at radius 3 is 2.43 bits per heavy atom. The van der Waals surface area contributed by atoms with Crippen molar-refractivity contribution in [3.8, 4) is 17.1 Å². The van der Waals surface area contributed by atoms with Crippen LogP contribution in [0.3, 0.4) is 0 Å². The van der Waals surface area contributed by atoms with E-state index in [2.05, 4.69) is 20.6 Å². The van der Waals surface area contributed by atoms with Gasteiger partial charge in [0.05, 0.1) is 5.69 Å². The van der Waals surface area contributed by atoms with Crippen molar-refractivity contribution in [2.75, 3.05) is 5.32 Å². The normalized spacial score (nSPS) is 10.3. The maximum absolute atomic E-state index is 12.2. The molecule has 142 valence electrons. The van der Waals surface area contributed by atoms with E-state index in [0.717, 1.165) is 5.56 Å². The predicted octanol–water partition coefficient (Wildman–Crippen LogP) is 2.16. The number of rotatable bonds is 5. The van der Waals surface area contributed by atoms with E-state index in [1.165, 1.54) is 0 Å². The van der Waals surface area contributed by atoms with Crippen LogP contribution in [0.1, 0.15) is 16.1 Å². The monoisotopic (exact) mass is 380 g/mol. The second-order valence-electron chi connectivity index (χ2n) is 5.76. The highest BCUT2D eigenvalue weighted by molar-refractivity contribution is 5.94. The molecule has 2 amide bonds. The third-order valence-corrected chi connectivity index (χ3v) is 3.82. The van der Waals surface area contributed by atoms with Crippen LogP contribution in [0.4, 0.5) is 10.5 Å². The Bertz CT molecular complexity index is 1080. The molecule has 0 spiro atoms. The van der Waals surface area contributed by atoms with Gasteiger partial charge in [-0.1, -0.05) is 42.5 Å². The van der Waals surface area contributed by atoms with E-state index in [-0.39, 0.29) is 11.4 Å². The first kappa shape index (κ1) is 18.6. The fraction of sp³-hybridized carbons (Fsp3) is 0.0526. The number of para-hydroxylation sites is 1. The van der Waals surface area contributed by atoms with Gasteiger partial charge in [-0.2, -0.15) is 0 Å². The number of H-pyrrole nitrogens is 1. The molecule has 0 saturated carbocycles. The predicted molar refractivity (Wildman–Crippen MR) is 101 cm³/mol. The minimum Gasteiger partial charge on any atom is -0.501 e. The van der Waals surface area contributed by atoms with Gasteiger partial charge in [-0.05, 0) is 17.7 Å². The number of aromatic carboxylic acids is 1. The average molecular weight is 380 g/mol. The molecule has 2 aromatic carbocycles. The van der Waals surface area contributed by atoms with E-state index < -0.39 is 29.0 Å². The lowest BCUT2D eigenvalue weighted by molar-refractivity contribution is 0.0686. The highest BCUT2D eigenvalue weighted by Crippen LogP contribution is 2.25. The van der Waals surface area contributed by atoms with Crippen molar-refractivity contribution in [2.24, 2.45) is 0 Å². The summed E-state index contributed by atoms with van der Waals surface area (Å²) in [5, 5.41) is 24.0. The number of nitrogens with one attached hydrogen (secondary N) is 3. The SMILES string of the molecule is O=C(NCc1ccccc1)Nc1ccccc1-c1nc(C(=O)O)c(O)c(=O)[nH]1. The number of aromatic hydroxyl groups is 1. The Balaban J connectivity index is 1.85. The minimum absolute atomic E-state index is 0.0980. The molecule has 0 atom stereocenters. The van der Waals surface area contributed by atoms with Crippen LogP contribution in [0.15, 0.2) is 59.4 Å². The van der Waals surface area contributed by atoms with Crippen molar-refractivity contribution in [1.29, 1.82) is 0 Å². The van der Waals surface area contributed by atoms with E-state index >= 15 is 0 Å². The van der Waals surface area contributed by atoms with Gasteiger partial charge >= 0.3 is 12.0 Å². The van der Waals surface area contributed by atoms with Crippen molar-refractivity contribution in [1.82, 2.24) is 15.3 Å². The number of amides is 2. The van der Waals surface area contributed by atoms with Gasteiger partial charge in [0.2, 0.25) is 5.75 Å². The zero-order valence-corrected chi connectivity index (χ0v) is 14.5. The summed E-state index contributed by atoms with van der Waals surface area (Å²) in [6, 6.07) is 15.3. The van der Waals surface area contributed by atoms with Crippen LogP contribution in [-0.4, -0.2) is 32.2 Å². The summed E-state index contributed by atoms with van der Waals surface area (Å²) in [6.07, 6.45) is 0. The van der Waals surface area contributed by atoms with Crippen LogP contribution in [0.25, 0.3) is 11.4 Å². The highest BCUT2D eigenvalue weighted by Gasteiger charge is 2.19. The van der Waals surface area contributed by atoms with Crippen LogP contribution in [0.2, 0.25) is 0 Å². The highest BCUT2D eigenvalue weighted by atomic mass is 16.4. The summed E-state index contributed by atoms with van der Waals surface area (Å²) in [5.74, 6) is -2.63. The summed E-state index contributed by atoms with van der Waals surface area (Å²) < 4.78 is 0. The Hall–Kier alpha value is -4.14. The molecule has 0 aliphatic heterocycles. The van der Waals surface area contributed by atoms with E-state index in [4.69, 9.17) is 5.11 Å². The summed E-state index contributed by atoms with van der Waals surface area (Å²) in [6.45, 7) is 0.312. The fourth-order valence-corrected chi connectivity index (χ4v) is 2.49. The molecule has 28 heavy (non-hydrogen) atoms. The Morgan fingerprint density at radius 1 is 1.04 bits per heavy atom. The van der Waals surface area contributed by atoms with E-state index in [0.29, 0.717) is 12.2 Å². The molecule has 5 N–H and O–H groups in total. The summed E-state index contributed by atoms with van der Waals surface area (Å²) in [7, 11) is 0. The number of carbonyl (C=O) groups excluding carboxylic acids is 1. The number of carbonyl (C=O) groups is 2. The first-order chi connectivity index (χ1) is 13.5. The lowest BCUT2D eigenvalue weighted by Crippen LogP contribution is -2.28. The fourth-order valence-electron chi connectivity index (χ4n) is 2.49. The van der Waals surface area contributed by atoms with Gasteiger partial charge in [0.15, 0.2) is 5.69 Å². The van der Waals surface area contributed by atoms with E-state index in [9.17, 15) is 19.5 Å². The molecule has 9 heteroatoms. The molecule has 1 heterocycles. The molecule has 0 aliphatic carbocycles. The molecule has 0 aliphatic rings. The van der Waals surface area contributed by atoms with Gasteiger partial charge in [0, 0.05) is 12.1 Å². The smallest absolute Gasteiger partial charge is 0.358 e. The topological polar surface area (TPSA) is 144 Å². The molecule has 0 saturated heterocycles. The number of aromatic amines is 1. The number of carboxylic acids is 1. The Morgan fingerprint density at radius 2 is 1.71 bits per heavy atom. The largest absolute Gasteiger partial charge is 0.501 e. The Labute approximate surface area is 158 Å². The molecule has 0 unspecified atom stereocenters. The summed E-state index contributed by atoms with van der Waals surface area (Å²) in [4.78, 5) is 41.3. The molecular formula is C19H16N4O5. The lowest BCUT2D eigenvalue weighted by Gasteiger charge is -2.12. The zero-order chi connectivity index (χ0) is 20.1. The van der Waals surface area contributed by atoms with Crippen LogP contribution in [-0.2, 0) is 6.54 Å². The third-order valence-electron chi connectivity index (χ3n) is 3.82. The van der Waals surface area contributed by atoms with Gasteiger partial charge in [-0.3, -0.25) is 4.79 Å². The molecule has 1 aromatic heterocycles. The van der Waals surface area contributed by atoms with Crippen molar-refractivity contribution < 1.29 is 19.8 Å². The number of carboxylic acid groups (broad SMARTS) is 1. The third kappa shape index (κ3) is 4.15. The van der Waals surface area contributed by atoms with Gasteiger partial charge in [-0.25, -0.2) is 14.6 Å². The second kappa shape index (κ2) is 8.04. The summed E-state index contributed by atoms with van der Waals surface area (Å²) >= 11 is 0. The average Bonchev–Trinajstić information content (AvgIpc) is 2.69. The van der Waals surface area contributed by atoms with E-state index in [1.807, 2.05) is 30.3 Å². The number of hydrogen-bond acceptors (Lipinski definition) is 5. The van der Waals surface area contributed by atoms with Gasteiger partial charge in [0.25, 0.3) is 5.56 Å². The molecule has 3 aromatic rings. The number of hydrogen-bond donors (Lipinski definition) is 5. The van der Waals surface area contributed by atoms with Crippen molar-refractivity contribution >= 4 is 17.7 Å². The van der Waals surface area contributed by atoms with E-state index in [1.54, 1.807) is 24.3 Å². The quantitative estimate of drug-likeness (QED) is 0.459. The number of anilines is 1. The second-order valence-corrected chi connectivity index (χ2v) is 5.76. The molecule has 0 bridgehead atoms. The molecular weight excluding hydrogens is 364 g/mol. The minimum atomic E-state index is -1.55. The maximum atomic E-state index is 12.2. The van der Waals surface area contributed by atoms with Gasteiger partial charge < -0.3 is 25.8 Å². The molecule has 3 rings (SSSR count).